The zero-order valence-corrected chi connectivity index (χ0v) is 15.9. The lowest BCUT2D eigenvalue weighted by Gasteiger charge is -2.12. The third-order valence-electron chi connectivity index (χ3n) is 3.65. The van der Waals surface area contributed by atoms with E-state index >= 15 is 0 Å². The molecule has 3 aromatic rings. The molecule has 2 aromatic heterocycles. The molecular weight excluding hydrogens is 408 g/mol. The number of anilines is 1. The molecule has 1 amide bonds. The standard InChI is InChI=1S/C17H13ClN4O5S/c1-10(16(24)19-11-4-2-3-5-12(11)22(25)26)27-14(23)7-6-13-15(18)20-17-21(13)8-9-28-17/h2-10H,1H3,(H,19,24)/b7-6+/t10-/m1/s1. The van der Waals surface area contributed by atoms with E-state index in [0.717, 1.165) is 6.08 Å². The number of hydrogen-bond donors (Lipinski definition) is 1. The normalized spacial score (nSPS) is 12.2. The van der Waals surface area contributed by atoms with Crippen molar-refractivity contribution in [2.45, 2.75) is 13.0 Å². The van der Waals surface area contributed by atoms with Crippen LogP contribution in [0.2, 0.25) is 5.15 Å². The van der Waals surface area contributed by atoms with E-state index in [9.17, 15) is 19.7 Å². The van der Waals surface area contributed by atoms with Gasteiger partial charge in [-0.2, -0.15) is 0 Å². The molecule has 0 saturated heterocycles. The van der Waals surface area contributed by atoms with E-state index in [1.54, 1.807) is 16.7 Å². The van der Waals surface area contributed by atoms with Crippen LogP contribution in [0.1, 0.15) is 12.6 Å². The quantitative estimate of drug-likeness (QED) is 0.282. The van der Waals surface area contributed by atoms with E-state index in [1.165, 1.54) is 42.5 Å². The summed E-state index contributed by atoms with van der Waals surface area (Å²) >= 11 is 7.42. The van der Waals surface area contributed by atoms with Gasteiger partial charge in [-0.1, -0.05) is 23.7 Å². The van der Waals surface area contributed by atoms with E-state index in [0.29, 0.717) is 10.7 Å². The second kappa shape index (κ2) is 8.19. The number of carbonyl (C=O) groups excluding carboxylic acids is 2. The summed E-state index contributed by atoms with van der Waals surface area (Å²) in [6.45, 7) is 1.36. The van der Waals surface area contributed by atoms with Crippen LogP contribution in [0.25, 0.3) is 11.0 Å². The van der Waals surface area contributed by atoms with E-state index in [2.05, 4.69) is 10.3 Å². The molecule has 9 nitrogen and oxygen atoms in total. The Morgan fingerprint density at radius 2 is 2.18 bits per heavy atom. The minimum absolute atomic E-state index is 0.0156. The monoisotopic (exact) mass is 420 g/mol. The fourth-order valence-corrected chi connectivity index (χ4v) is 3.32. The van der Waals surface area contributed by atoms with Gasteiger partial charge in [-0.25, -0.2) is 9.78 Å². The van der Waals surface area contributed by atoms with Gasteiger partial charge in [0.05, 0.1) is 10.6 Å². The van der Waals surface area contributed by atoms with E-state index in [-0.39, 0.29) is 16.5 Å². The van der Waals surface area contributed by atoms with Crippen molar-refractivity contribution in [1.82, 2.24) is 9.38 Å². The Bertz CT molecular complexity index is 1090. The number of nitro benzene ring substituents is 1. The Kier molecular flexibility index (Phi) is 5.71. The molecule has 0 spiro atoms. The van der Waals surface area contributed by atoms with Gasteiger partial charge in [0.1, 0.15) is 5.69 Å². The van der Waals surface area contributed by atoms with Gasteiger partial charge in [0, 0.05) is 23.7 Å². The Balaban J connectivity index is 1.64. The number of nitrogens with zero attached hydrogens (tertiary/aromatic N) is 3. The van der Waals surface area contributed by atoms with Gasteiger partial charge < -0.3 is 10.1 Å². The van der Waals surface area contributed by atoms with Crippen LogP contribution in [0.5, 0.6) is 0 Å². The average molecular weight is 421 g/mol. The van der Waals surface area contributed by atoms with Gasteiger partial charge in [-0.05, 0) is 19.1 Å². The fraction of sp³-hybridized carbons (Fsp3) is 0.118. The van der Waals surface area contributed by atoms with Crippen LogP contribution in [-0.4, -0.2) is 32.3 Å². The number of para-hydroxylation sites is 2. The molecule has 1 aromatic carbocycles. The zero-order chi connectivity index (χ0) is 20.3. The molecule has 0 fully saturated rings. The highest BCUT2D eigenvalue weighted by atomic mass is 35.5. The first kappa shape index (κ1) is 19.5. The van der Waals surface area contributed by atoms with Gasteiger partial charge in [-0.15, -0.1) is 11.3 Å². The lowest BCUT2D eigenvalue weighted by atomic mass is 10.2. The molecule has 2 heterocycles. The number of benzene rings is 1. The molecule has 0 saturated carbocycles. The number of nitrogens with one attached hydrogen (secondary N) is 1. The van der Waals surface area contributed by atoms with Crippen LogP contribution >= 0.6 is 22.9 Å². The van der Waals surface area contributed by atoms with Crippen LogP contribution in [-0.2, 0) is 14.3 Å². The summed E-state index contributed by atoms with van der Waals surface area (Å²) in [4.78, 5) is 39.4. The Labute approximate surface area is 167 Å². The third kappa shape index (κ3) is 4.18. The minimum atomic E-state index is -1.17. The van der Waals surface area contributed by atoms with Crippen LogP contribution in [0, 0.1) is 10.1 Å². The second-order valence-electron chi connectivity index (χ2n) is 5.52. The second-order valence-corrected chi connectivity index (χ2v) is 6.75. The van der Waals surface area contributed by atoms with Crippen molar-refractivity contribution in [1.29, 1.82) is 0 Å². The maximum Gasteiger partial charge on any atom is 0.331 e. The highest BCUT2D eigenvalue weighted by Gasteiger charge is 2.21. The summed E-state index contributed by atoms with van der Waals surface area (Å²) in [7, 11) is 0. The van der Waals surface area contributed by atoms with Gasteiger partial charge in [0.25, 0.3) is 11.6 Å². The molecule has 144 valence electrons. The summed E-state index contributed by atoms with van der Waals surface area (Å²) < 4.78 is 6.75. The van der Waals surface area contributed by atoms with E-state index < -0.39 is 22.9 Å². The smallest absolute Gasteiger partial charge is 0.331 e. The molecule has 1 N–H and O–H groups in total. The number of amides is 1. The number of nitro groups is 1. The molecule has 28 heavy (non-hydrogen) atoms. The zero-order valence-electron chi connectivity index (χ0n) is 14.4. The summed E-state index contributed by atoms with van der Waals surface area (Å²) in [6, 6.07) is 5.67. The SMILES string of the molecule is C[C@@H](OC(=O)/C=C/c1c(Cl)nc2sccn12)C(=O)Nc1ccccc1[N+](=O)[O-]. The lowest BCUT2D eigenvalue weighted by molar-refractivity contribution is -0.383. The molecule has 0 radical (unpaired) electrons. The highest BCUT2D eigenvalue weighted by molar-refractivity contribution is 7.15. The Hall–Kier alpha value is -3.24. The fourth-order valence-electron chi connectivity index (χ4n) is 2.31. The van der Waals surface area contributed by atoms with Crippen LogP contribution in [0.15, 0.2) is 41.9 Å². The van der Waals surface area contributed by atoms with Crippen LogP contribution in [0.4, 0.5) is 11.4 Å². The van der Waals surface area contributed by atoms with Crippen molar-refractivity contribution >= 4 is 57.2 Å². The van der Waals surface area contributed by atoms with Crippen molar-refractivity contribution in [3.63, 3.8) is 0 Å². The van der Waals surface area contributed by atoms with Crippen LogP contribution in [0.3, 0.4) is 0 Å². The number of fused-ring (bicyclic) bond motifs is 1. The van der Waals surface area contributed by atoms with E-state index in [4.69, 9.17) is 16.3 Å². The highest BCUT2D eigenvalue weighted by Crippen LogP contribution is 2.24. The molecule has 1 atom stereocenters. The number of carbonyl (C=O) groups is 2. The summed E-state index contributed by atoms with van der Waals surface area (Å²) in [6.07, 6.45) is 3.15. The Morgan fingerprint density at radius 1 is 1.43 bits per heavy atom. The summed E-state index contributed by atoms with van der Waals surface area (Å²) in [5.41, 5.74) is 0.262. The van der Waals surface area contributed by atoms with Crippen molar-refractivity contribution < 1.29 is 19.2 Å². The Morgan fingerprint density at radius 3 is 2.93 bits per heavy atom. The topological polar surface area (TPSA) is 116 Å². The molecule has 0 unspecified atom stereocenters. The number of hydrogen-bond acceptors (Lipinski definition) is 7. The maximum absolute atomic E-state index is 12.2. The van der Waals surface area contributed by atoms with Crippen molar-refractivity contribution in [2.75, 3.05) is 5.32 Å². The number of esters is 1. The van der Waals surface area contributed by atoms with Crippen LogP contribution < -0.4 is 5.32 Å². The number of halogens is 1. The summed E-state index contributed by atoms with van der Waals surface area (Å²) in [5.74, 6) is -1.47. The van der Waals surface area contributed by atoms with Gasteiger partial charge in [-0.3, -0.25) is 19.3 Å². The first-order valence-electron chi connectivity index (χ1n) is 7.91. The maximum atomic E-state index is 12.2. The van der Waals surface area contributed by atoms with Crippen molar-refractivity contribution in [3.05, 3.63) is 62.9 Å². The van der Waals surface area contributed by atoms with Crippen molar-refractivity contribution in [2.24, 2.45) is 0 Å². The minimum Gasteiger partial charge on any atom is -0.449 e. The average Bonchev–Trinajstić information content (AvgIpc) is 3.20. The molecule has 0 aliphatic heterocycles. The summed E-state index contributed by atoms with van der Waals surface area (Å²) in [5, 5.41) is 15.4. The first-order chi connectivity index (χ1) is 13.4. The largest absolute Gasteiger partial charge is 0.449 e. The first-order valence-corrected chi connectivity index (χ1v) is 9.16. The molecular formula is C17H13ClN4O5S. The number of rotatable bonds is 6. The molecule has 0 bridgehead atoms. The van der Waals surface area contributed by atoms with E-state index in [1.807, 2.05) is 5.38 Å². The lowest BCUT2D eigenvalue weighted by Crippen LogP contribution is -2.29. The van der Waals surface area contributed by atoms with Gasteiger partial charge in [0.15, 0.2) is 16.2 Å². The number of imidazole rings is 1. The number of thiazole rings is 1. The van der Waals surface area contributed by atoms with Crippen molar-refractivity contribution in [3.8, 4) is 0 Å². The predicted octanol–water partition coefficient (Wildman–Crippen LogP) is 3.54. The third-order valence-corrected chi connectivity index (χ3v) is 4.69. The predicted molar refractivity (Wildman–Crippen MR) is 104 cm³/mol. The molecule has 0 aliphatic rings. The number of ether oxygens (including phenoxy) is 1. The molecule has 3 rings (SSSR count). The molecule has 11 heteroatoms. The molecule has 0 aliphatic carbocycles. The number of aromatic nitrogens is 2. The van der Waals surface area contributed by atoms with Gasteiger partial charge in [0.2, 0.25) is 0 Å². The van der Waals surface area contributed by atoms with Gasteiger partial charge >= 0.3 is 5.97 Å².